The number of aliphatic carboxylic acids is 1. The summed E-state index contributed by atoms with van der Waals surface area (Å²) in [5, 5.41) is 11.9. The van der Waals surface area contributed by atoms with Crippen LogP contribution < -0.4 is 5.32 Å². The van der Waals surface area contributed by atoms with E-state index in [1.54, 1.807) is 0 Å². The van der Waals surface area contributed by atoms with Crippen molar-refractivity contribution >= 4 is 11.9 Å². The van der Waals surface area contributed by atoms with Gasteiger partial charge in [-0.3, -0.25) is 9.59 Å². The third kappa shape index (κ3) is 2.82. The number of nitrogens with one attached hydrogen (secondary N) is 1. The first-order chi connectivity index (χ1) is 10.9. The second kappa shape index (κ2) is 5.91. The van der Waals surface area contributed by atoms with Gasteiger partial charge in [0, 0.05) is 17.7 Å². The minimum Gasteiger partial charge on any atom is -0.481 e. The lowest BCUT2D eigenvalue weighted by molar-refractivity contribution is -0.141. The molecule has 0 spiro atoms. The van der Waals surface area contributed by atoms with Crippen LogP contribution in [0.1, 0.15) is 44.1 Å². The summed E-state index contributed by atoms with van der Waals surface area (Å²) in [6.45, 7) is 0. The van der Waals surface area contributed by atoms with E-state index in [0.717, 1.165) is 12.5 Å². The Bertz CT molecular complexity index is 643. The molecule has 0 bridgehead atoms. The van der Waals surface area contributed by atoms with Crippen LogP contribution in [-0.2, 0) is 15.0 Å². The normalized spacial score (nSPS) is 25.7. The van der Waals surface area contributed by atoms with E-state index in [4.69, 9.17) is 5.11 Å². The van der Waals surface area contributed by atoms with Gasteiger partial charge in [-0.05, 0) is 38.2 Å². The van der Waals surface area contributed by atoms with Gasteiger partial charge in [0.2, 0.25) is 5.91 Å². The van der Waals surface area contributed by atoms with Crippen molar-refractivity contribution < 1.29 is 23.5 Å². The molecule has 0 aromatic heterocycles. The minimum atomic E-state index is -0.945. The van der Waals surface area contributed by atoms with E-state index in [-0.39, 0.29) is 17.5 Å². The Labute approximate surface area is 132 Å². The quantitative estimate of drug-likeness (QED) is 0.895. The van der Waals surface area contributed by atoms with Crippen molar-refractivity contribution in [2.75, 3.05) is 0 Å². The van der Waals surface area contributed by atoms with Crippen LogP contribution in [0.15, 0.2) is 18.2 Å². The Hall–Kier alpha value is -1.98. The van der Waals surface area contributed by atoms with E-state index in [1.807, 2.05) is 0 Å². The second-order valence-corrected chi connectivity index (χ2v) is 6.58. The number of amides is 1. The van der Waals surface area contributed by atoms with Crippen molar-refractivity contribution in [2.24, 2.45) is 5.92 Å². The Balaban J connectivity index is 1.75. The molecule has 0 saturated heterocycles. The van der Waals surface area contributed by atoms with E-state index < -0.39 is 28.9 Å². The van der Waals surface area contributed by atoms with Crippen LogP contribution in [0.25, 0.3) is 0 Å². The number of hydrogen-bond donors (Lipinski definition) is 2. The summed E-state index contributed by atoms with van der Waals surface area (Å²) in [7, 11) is 0. The van der Waals surface area contributed by atoms with Crippen molar-refractivity contribution in [3.05, 3.63) is 35.4 Å². The predicted octanol–water partition coefficient (Wildman–Crippen LogP) is 2.76. The molecule has 3 rings (SSSR count). The highest BCUT2D eigenvalue weighted by molar-refractivity contribution is 5.89. The lowest BCUT2D eigenvalue weighted by Gasteiger charge is -2.41. The first-order valence-electron chi connectivity index (χ1n) is 7.92. The monoisotopic (exact) mass is 323 g/mol. The smallest absolute Gasteiger partial charge is 0.306 e. The van der Waals surface area contributed by atoms with Crippen molar-refractivity contribution in [1.29, 1.82) is 0 Å². The highest BCUT2D eigenvalue weighted by atomic mass is 19.1. The number of hydrogen-bond acceptors (Lipinski definition) is 2. The summed E-state index contributed by atoms with van der Waals surface area (Å²) in [6.07, 6.45) is 3.42. The van der Waals surface area contributed by atoms with Crippen LogP contribution >= 0.6 is 0 Å². The average Bonchev–Trinajstić information content (AvgIpc) is 2.88. The van der Waals surface area contributed by atoms with Crippen LogP contribution in [0.3, 0.4) is 0 Å². The molecule has 1 aromatic carbocycles. The molecule has 1 aromatic rings. The van der Waals surface area contributed by atoms with Gasteiger partial charge in [-0.25, -0.2) is 8.78 Å². The number of halogens is 2. The molecule has 2 N–H and O–H groups in total. The molecule has 2 fully saturated rings. The van der Waals surface area contributed by atoms with E-state index in [2.05, 4.69) is 5.32 Å². The molecule has 2 saturated carbocycles. The Morgan fingerprint density at radius 2 is 1.96 bits per heavy atom. The number of carboxylic acid groups (broad SMARTS) is 1. The number of carbonyl (C=O) groups is 2. The van der Waals surface area contributed by atoms with Gasteiger partial charge in [-0.15, -0.1) is 0 Å². The molecule has 6 heteroatoms. The third-order valence-electron chi connectivity index (χ3n) is 5.21. The van der Waals surface area contributed by atoms with Crippen LogP contribution in [0, 0.1) is 17.6 Å². The van der Waals surface area contributed by atoms with Gasteiger partial charge in [0.15, 0.2) is 0 Å². The lowest BCUT2D eigenvalue weighted by atomic mass is 9.63. The second-order valence-electron chi connectivity index (χ2n) is 6.58. The Morgan fingerprint density at radius 1 is 1.22 bits per heavy atom. The van der Waals surface area contributed by atoms with Gasteiger partial charge < -0.3 is 10.4 Å². The molecule has 2 aliphatic carbocycles. The van der Waals surface area contributed by atoms with Crippen molar-refractivity contribution in [2.45, 2.75) is 50.0 Å². The summed E-state index contributed by atoms with van der Waals surface area (Å²) >= 11 is 0. The molecule has 0 unspecified atom stereocenters. The molecular weight excluding hydrogens is 304 g/mol. The van der Waals surface area contributed by atoms with Gasteiger partial charge in [-0.2, -0.15) is 0 Å². The van der Waals surface area contributed by atoms with Gasteiger partial charge in [-0.1, -0.05) is 12.5 Å². The van der Waals surface area contributed by atoms with E-state index in [0.29, 0.717) is 32.1 Å². The standard InChI is InChI=1S/C17H19F2NO3/c18-11-3-5-13(14(19)9-11)17(6-1-7-17)16(23)20-12-4-2-10(8-12)15(21)22/h3,5,9-10,12H,1-2,4,6-8H2,(H,20,23)(H,21,22)/t10-,12+/m0/s1. The van der Waals surface area contributed by atoms with E-state index in [1.165, 1.54) is 12.1 Å². The third-order valence-corrected chi connectivity index (χ3v) is 5.21. The average molecular weight is 323 g/mol. The van der Waals surface area contributed by atoms with Gasteiger partial charge >= 0.3 is 5.97 Å². The molecule has 2 aliphatic rings. The van der Waals surface area contributed by atoms with Gasteiger partial charge in [0.25, 0.3) is 0 Å². The van der Waals surface area contributed by atoms with E-state index in [9.17, 15) is 18.4 Å². The lowest BCUT2D eigenvalue weighted by Crippen LogP contribution is -2.52. The zero-order valence-corrected chi connectivity index (χ0v) is 12.6. The molecule has 0 aliphatic heterocycles. The predicted molar refractivity (Wildman–Crippen MR) is 78.8 cm³/mol. The van der Waals surface area contributed by atoms with Crippen LogP contribution in [0.2, 0.25) is 0 Å². The number of carboxylic acids is 1. The minimum absolute atomic E-state index is 0.190. The summed E-state index contributed by atoms with van der Waals surface area (Å²) in [5.41, 5.74) is -0.713. The molecule has 23 heavy (non-hydrogen) atoms. The molecule has 124 valence electrons. The fourth-order valence-corrected chi connectivity index (χ4v) is 3.69. The summed E-state index contributed by atoms with van der Waals surface area (Å²) in [4.78, 5) is 23.7. The zero-order chi connectivity index (χ0) is 16.6. The highest BCUT2D eigenvalue weighted by Gasteiger charge is 2.48. The molecule has 4 nitrogen and oxygen atoms in total. The number of carbonyl (C=O) groups excluding carboxylic acids is 1. The molecule has 2 atom stereocenters. The zero-order valence-electron chi connectivity index (χ0n) is 12.6. The molecular formula is C17H19F2NO3. The number of benzene rings is 1. The molecule has 1 amide bonds. The van der Waals surface area contributed by atoms with Crippen molar-refractivity contribution in [3.63, 3.8) is 0 Å². The van der Waals surface area contributed by atoms with Gasteiger partial charge in [0.05, 0.1) is 11.3 Å². The first-order valence-corrected chi connectivity index (χ1v) is 7.92. The van der Waals surface area contributed by atoms with Crippen LogP contribution in [0.5, 0.6) is 0 Å². The Kier molecular flexibility index (Phi) is 4.08. The maximum atomic E-state index is 14.1. The number of rotatable bonds is 4. The SMILES string of the molecule is O=C(O)[C@H]1CC[C@@H](NC(=O)C2(c3ccc(F)cc3F)CCC2)C1. The summed E-state index contributed by atoms with van der Waals surface area (Å²) < 4.78 is 27.2. The topological polar surface area (TPSA) is 66.4 Å². The maximum absolute atomic E-state index is 14.1. The van der Waals surface area contributed by atoms with E-state index >= 15 is 0 Å². The molecule has 0 heterocycles. The fraction of sp³-hybridized carbons (Fsp3) is 0.529. The van der Waals surface area contributed by atoms with Crippen molar-refractivity contribution in [3.8, 4) is 0 Å². The van der Waals surface area contributed by atoms with Crippen LogP contribution in [-0.4, -0.2) is 23.0 Å². The van der Waals surface area contributed by atoms with Crippen molar-refractivity contribution in [1.82, 2.24) is 5.32 Å². The highest BCUT2D eigenvalue weighted by Crippen LogP contribution is 2.45. The van der Waals surface area contributed by atoms with Gasteiger partial charge in [0.1, 0.15) is 11.6 Å². The fourth-order valence-electron chi connectivity index (χ4n) is 3.69. The summed E-state index contributed by atoms with van der Waals surface area (Å²) in [5.74, 6) is -2.91. The largest absolute Gasteiger partial charge is 0.481 e. The Morgan fingerprint density at radius 3 is 2.48 bits per heavy atom. The van der Waals surface area contributed by atoms with Crippen LogP contribution in [0.4, 0.5) is 8.78 Å². The maximum Gasteiger partial charge on any atom is 0.306 e. The summed E-state index contributed by atoms with van der Waals surface area (Å²) in [6, 6.07) is 3.13. The molecule has 0 radical (unpaired) electrons. The first kappa shape index (κ1) is 15.9.